The lowest BCUT2D eigenvalue weighted by Gasteiger charge is -2.32. The lowest BCUT2D eigenvalue weighted by molar-refractivity contribution is -0.122. The Hall–Kier alpha value is -1.39. The maximum Gasteiger partial charge on any atom is 0.222 e. The van der Waals surface area contributed by atoms with Crippen LogP contribution < -0.4 is 11.1 Å². The van der Waals surface area contributed by atoms with Crippen LogP contribution in [0.1, 0.15) is 44.2 Å². The first-order chi connectivity index (χ1) is 10.2. The van der Waals surface area contributed by atoms with Gasteiger partial charge >= 0.3 is 0 Å². The van der Waals surface area contributed by atoms with Crippen LogP contribution in [0.5, 0.6) is 0 Å². The van der Waals surface area contributed by atoms with Gasteiger partial charge in [-0.25, -0.2) is 0 Å². The summed E-state index contributed by atoms with van der Waals surface area (Å²) in [5.41, 5.74) is 7.11. The van der Waals surface area contributed by atoms with Crippen LogP contribution in [0.15, 0.2) is 30.3 Å². The van der Waals surface area contributed by atoms with Crippen LogP contribution in [-0.4, -0.2) is 36.5 Å². The minimum absolute atomic E-state index is 0.0697. The van der Waals surface area contributed by atoms with Crippen molar-refractivity contribution in [2.75, 3.05) is 19.6 Å². The average molecular weight is 289 g/mol. The van der Waals surface area contributed by atoms with Gasteiger partial charge in [0.05, 0.1) is 0 Å². The summed E-state index contributed by atoms with van der Waals surface area (Å²) in [5.74, 6) is 0.0697. The maximum atomic E-state index is 12.1. The molecule has 1 fully saturated rings. The second kappa shape index (κ2) is 8.15. The van der Waals surface area contributed by atoms with E-state index >= 15 is 0 Å². The highest BCUT2D eigenvalue weighted by Crippen LogP contribution is 2.15. The molecule has 0 radical (unpaired) electrons. The molecule has 0 aliphatic carbocycles. The minimum Gasteiger partial charge on any atom is -0.353 e. The standard InChI is InChI=1S/C17H27N3O/c1-2-10-20-11-8-15(9-12-20)19-17(21)13-16(18)14-6-4-3-5-7-14/h3-7,15-16H,2,8-13,18H2,1H3,(H,19,21). The number of nitrogens with two attached hydrogens (primary N) is 1. The zero-order chi connectivity index (χ0) is 15.1. The lowest BCUT2D eigenvalue weighted by atomic mass is 10.0. The fourth-order valence-corrected chi connectivity index (χ4v) is 2.92. The van der Waals surface area contributed by atoms with Crippen molar-refractivity contribution in [2.24, 2.45) is 5.73 Å². The van der Waals surface area contributed by atoms with Gasteiger partial charge in [-0.1, -0.05) is 37.3 Å². The number of rotatable bonds is 6. The Balaban J connectivity index is 1.73. The van der Waals surface area contributed by atoms with E-state index in [0.29, 0.717) is 12.5 Å². The number of piperidine rings is 1. The number of hydrogen-bond acceptors (Lipinski definition) is 3. The van der Waals surface area contributed by atoms with Crippen LogP contribution in [0.2, 0.25) is 0 Å². The van der Waals surface area contributed by atoms with Crippen molar-refractivity contribution in [1.82, 2.24) is 10.2 Å². The summed E-state index contributed by atoms with van der Waals surface area (Å²) in [6.07, 6.45) is 3.65. The molecule has 4 nitrogen and oxygen atoms in total. The van der Waals surface area contributed by atoms with Gasteiger partial charge < -0.3 is 16.0 Å². The van der Waals surface area contributed by atoms with Crippen LogP contribution in [0.3, 0.4) is 0 Å². The highest BCUT2D eigenvalue weighted by Gasteiger charge is 2.21. The molecule has 0 aromatic heterocycles. The van der Waals surface area contributed by atoms with Crippen LogP contribution in [0.25, 0.3) is 0 Å². The fraction of sp³-hybridized carbons (Fsp3) is 0.588. The third-order valence-electron chi connectivity index (χ3n) is 4.13. The van der Waals surface area contributed by atoms with Gasteiger partial charge in [0.2, 0.25) is 5.91 Å². The van der Waals surface area contributed by atoms with E-state index < -0.39 is 0 Å². The number of benzene rings is 1. The topological polar surface area (TPSA) is 58.4 Å². The quantitative estimate of drug-likeness (QED) is 0.843. The Morgan fingerprint density at radius 1 is 1.33 bits per heavy atom. The SMILES string of the molecule is CCCN1CCC(NC(=O)CC(N)c2ccccc2)CC1. The van der Waals surface area contributed by atoms with Gasteiger partial charge in [0.25, 0.3) is 0 Å². The number of hydrogen-bond donors (Lipinski definition) is 2. The first-order valence-electron chi connectivity index (χ1n) is 8.01. The molecular weight excluding hydrogens is 262 g/mol. The van der Waals surface area contributed by atoms with Crippen LogP contribution in [-0.2, 0) is 4.79 Å². The summed E-state index contributed by atoms with van der Waals surface area (Å²) in [6, 6.07) is 9.91. The Morgan fingerprint density at radius 2 is 2.00 bits per heavy atom. The van der Waals surface area contributed by atoms with Crippen molar-refractivity contribution < 1.29 is 4.79 Å². The van der Waals surface area contributed by atoms with E-state index in [9.17, 15) is 4.79 Å². The van der Waals surface area contributed by atoms with Crippen molar-refractivity contribution in [3.8, 4) is 0 Å². The summed E-state index contributed by atoms with van der Waals surface area (Å²) in [4.78, 5) is 14.6. The molecule has 1 amide bonds. The molecule has 3 N–H and O–H groups in total. The zero-order valence-electron chi connectivity index (χ0n) is 12.9. The van der Waals surface area contributed by atoms with Crippen molar-refractivity contribution in [3.05, 3.63) is 35.9 Å². The Labute approximate surface area is 127 Å². The molecule has 1 aliphatic rings. The molecule has 0 bridgehead atoms. The number of carbonyl (C=O) groups excluding carboxylic acids is 1. The molecule has 2 rings (SSSR count). The van der Waals surface area contributed by atoms with Gasteiger partial charge in [-0.05, 0) is 31.4 Å². The molecule has 116 valence electrons. The predicted octanol–water partition coefficient (Wildman–Crippen LogP) is 2.07. The third-order valence-corrected chi connectivity index (χ3v) is 4.13. The van der Waals surface area contributed by atoms with Gasteiger partial charge in [-0.2, -0.15) is 0 Å². The molecule has 0 saturated carbocycles. The van der Waals surface area contributed by atoms with Gasteiger partial charge in [0, 0.05) is 31.6 Å². The summed E-state index contributed by atoms with van der Waals surface area (Å²) < 4.78 is 0. The summed E-state index contributed by atoms with van der Waals surface area (Å²) in [5, 5.41) is 3.14. The monoisotopic (exact) mass is 289 g/mol. The minimum atomic E-state index is -0.216. The summed E-state index contributed by atoms with van der Waals surface area (Å²) in [7, 11) is 0. The van der Waals surface area contributed by atoms with Gasteiger partial charge in [0.15, 0.2) is 0 Å². The number of likely N-dealkylation sites (tertiary alicyclic amines) is 1. The number of carbonyl (C=O) groups is 1. The number of amides is 1. The third kappa shape index (κ3) is 5.14. The van der Waals surface area contributed by atoms with Crippen LogP contribution >= 0.6 is 0 Å². The molecular formula is C17H27N3O. The Bertz CT molecular complexity index is 427. The van der Waals surface area contributed by atoms with E-state index in [2.05, 4.69) is 17.1 Å². The fourth-order valence-electron chi connectivity index (χ4n) is 2.92. The second-order valence-electron chi connectivity index (χ2n) is 5.90. The van der Waals surface area contributed by atoms with Gasteiger partial charge in [0.1, 0.15) is 0 Å². The van der Waals surface area contributed by atoms with Crippen molar-refractivity contribution in [2.45, 2.75) is 44.7 Å². The lowest BCUT2D eigenvalue weighted by Crippen LogP contribution is -2.45. The first kappa shape index (κ1) is 16.0. The van der Waals surface area contributed by atoms with E-state index in [1.165, 1.54) is 13.0 Å². The average Bonchev–Trinajstić information content (AvgIpc) is 2.50. The van der Waals surface area contributed by atoms with Crippen LogP contribution in [0, 0.1) is 0 Å². The molecule has 1 saturated heterocycles. The molecule has 4 heteroatoms. The van der Waals surface area contributed by atoms with Gasteiger partial charge in [-0.15, -0.1) is 0 Å². The molecule has 1 aromatic carbocycles. The summed E-state index contributed by atoms with van der Waals surface area (Å²) >= 11 is 0. The molecule has 0 spiro atoms. The molecule has 1 heterocycles. The normalized spacial score (nSPS) is 18.4. The Morgan fingerprint density at radius 3 is 2.62 bits per heavy atom. The van der Waals surface area contributed by atoms with Crippen molar-refractivity contribution in [1.29, 1.82) is 0 Å². The van der Waals surface area contributed by atoms with Crippen molar-refractivity contribution in [3.63, 3.8) is 0 Å². The van der Waals surface area contributed by atoms with E-state index in [1.54, 1.807) is 0 Å². The maximum absolute atomic E-state index is 12.1. The van der Waals surface area contributed by atoms with E-state index in [4.69, 9.17) is 5.73 Å². The Kier molecular flexibility index (Phi) is 6.21. The van der Waals surface area contributed by atoms with E-state index in [1.807, 2.05) is 30.3 Å². The predicted molar refractivity (Wildman–Crippen MR) is 85.9 cm³/mol. The zero-order valence-corrected chi connectivity index (χ0v) is 12.9. The number of nitrogens with zero attached hydrogens (tertiary/aromatic N) is 1. The molecule has 1 atom stereocenters. The molecule has 1 aliphatic heterocycles. The van der Waals surface area contributed by atoms with Gasteiger partial charge in [-0.3, -0.25) is 4.79 Å². The van der Waals surface area contributed by atoms with Crippen molar-refractivity contribution >= 4 is 5.91 Å². The largest absolute Gasteiger partial charge is 0.353 e. The summed E-state index contributed by atoms with van der Waals surface area (Å²) in [6.45, 7) is 5.55. The second-order valence-corrected chi connectivity index (χ2v) is 5.90. The molecule has 1 aromatic rings. The number of nitrogens with one attached hydrogen (secondary N) is 1. The van der Waals surface area contributed by atoms with E-state index in [0.717, 1.165) is 31.5 Å². The highest BCUT2D eigenvalue weighted by molar-refractivity contribution is 5.77. The molecule has 21 heavy (non-hydrogen) atoms. The van der Waals surface area contributed by atoms with E-state index in [-0.39, 0.29) is 11.9 Å². The van der Waals surface area contributed by atoms with Crippen LogP contribution in [0.4, 0.5) is 0 Å². The smallest absolute Gasteiger partial charge is 0.222 e. The molecule has 1 unspecified atom stereocenters. The highest BCUT2D eigenvalue weighted by atomic mass is 16.1. The first-order valence-corrected chi connectivity index (χ1v) is 8.01.